The highest BCUT2D eigenvalue weighted by atomic mass is 16.1. The normalized spacial score (nSPS) is 43.4. The summed E-state index contributed by atoms with van der Waals surface area (Å²) >= 11 is 0. The van der Waals surface area contributed by atoms with Crippen LogP contribution in [0.4, 0.5) is 0 Å². The van der Waals surface area contributed by atoms with Gasteiger partial charge in [-0.1, -0.05) is 66.0 Å². The summed E-state index contributed by atoms with van der Waals surface area (Å²) < 4.78 is 0. The van der Waals surface area contributed by atoms with Crippen molar-refractivity contribution in [2.45, 2.75) is 92.4 Å². The maximum absolute atomic E-state index is 13.3. The van der Waals surface area contributed by atoms with Crippen LogP contribution >= 0.6 is 0 Å². The Morgan fingerprint density at radius 1 is 1.04 bits per heavy atom. The van der Waals surface area contributed by atoms with E-state index in [4.69, 9.17) is 0 Å². The fraction of sp³-hybridized carbons (Fsp3) is 0.815. The minimum atomic E-state index is 0.246. The van der Waals surface area contributed by atoms with E-state index >= 15 is 0 Å². The van der Waals surface area contributed by atoms with Gasteiger partial charge in [0.1, 0.15) is 0 Å². The summed E-state index contributed by atoms with van der Waals surface area (Å²) in [4.78, 5) is 13.3. The van der Waals surface area contributed by atoms with Crippen LogP contribution in [-0.2, 0) is 4.79 Å². The molecule has 0 heterocycles. The largest absolute Gasteiger partial charge is 0.295 e. The lowest BCUT2D eigenvalue weighted by molar-refractivity contribution is -0.133. The highest BCUT2D eigenvalue weighted by molar-refractivity contribution is 5.95. The fourth-order valence-corrected chi connectivity index (χ4v) is 8.07. The molecule has 0 spiro atoms. The molecule has 4 rings (SSSR count). The lowest BCUT2D eigenvalue weighted by Crippen LogP contribution is -2.52. The minimum absolute atomic E-state index is 0.246. The number of hydrogen-bond donors (Lipinski definition) is 0. The molecule has 7 atom stereocenters. The average Bonchev–Trinajstić information content (AvgIpc) is 2.99. The number of carbonyl (C=O) groups excluding carboxylic acids is 1. The van der Waals surface area contributed by atoms with Gasteiger partial charge in [-0.3, -0.25) is 4.79 Å². The van der Waals surface area contributed by atoms with Gasteiger partial charge in [-0.2, -0.15) is 0 Å². The first-order valence-corrected chi connectivity index (χ1v) is 12.2. The molecule has 0 radical (unpaired) electrons. The van der Waals surface area contributed by atoms with E-state index in [0.717, 1.165) is 17.8 Å². The molecule has 1 nitrogen and oxygen atoms in total. The van der Waals surface area contributed by atoms with E-state index < -0.39 is 0 Å². The summed E-state index contributed by atoms with van der Waals surface area (Å²) in [5.74, 6) is 4.42. The SMILES string of the molecule is CC(C)CCC[C@H](C)[C@@H]1CC[C@@H]2[C@H]3C(=O)C=C4C=CCC[C@]4(C)[C@@H]3CC[C@@]21C. The third-order valence-electron chi connectivity index (χ3n) is 9.70. The van der Waals surface area contributed by atoms with Crippen LogP contribution in [0.25, 0.3) is 0 Å². The van der Waals surface area contributed by atoms with E-state index in [9.17, 15) is 4.79 Å². The van der Waals surface area contributed by atoms with Gasteiger partial charge in [0, 0.05) is 5.92 Å². The standard InChI is InChI=1S/C27H42O/c1-18(2)9-8-10-19(3)21-12-13-22-25-23(14-16-27(21,22)5)26(4)15-7-6-11-20(26)17-24(25)28/h6,11,17-19,21-23,25H,7-10,12-16H2,1-5H3/t19-,21-,22+,23+,25+,26-,27+/m0/s1. The van der Waals surface area contributed by atoms with Crippen LogP contribution in [0, 0.1) is 46.3 Å². The van der Waals surface area contributed by atoms with Crippen molar-refractivity contribution in [3.8, 4) is 0 Å². The Kier molecular flexibility index (Phi) is 5.43. The predicted molar refractivity (Wildman–Crippen MR) is 118 cm³/mol. The molecular weight excluding hydrogens is 340 g/mol. The van der Waals surface area contributed by atoms with Gasteiger partial charge >= 0.3 is 0 Å². The second kappa shape index (κ2) is 7.44. The van der Waals surface area contributed by atoms with E-state index in [2.05, 4.69) is 52.8 Å². The Bertz CT molecular complexity index is 670. The van der Waals surface area contributed by atoms with Gasteiger partial charge in [0.15, 0.2) is 5.78 Å². The minimum Gasteiger partial charge on any atom is -0.295 e. The van der Waals surface area contributed by atoms with E-state index in [1.54, 1.807) is 0 Å². The number of ketones is 1. The van der Waals surface area contributed by atoms with Crippen LogP contribution in [0.1, 0.15) is 92.4 Å². The molecule has 2 fully saturated rings. The molecule has 0 aromatic carbocycles. The molecule has 0 bridgehead atoms. The molecule has 4 aliphatic carbocycles. The average molecular weight is 383 g/mol. The van der Waals surface area contributed by atoms with Crippen molar-refractivity contribution in [2.75, 3.05) is 0 Å². The van der Waals surface area contributed by atoms with Crippen molar-refractivity contribution < 1.29 is 4.79 Å². The molecule has 28 heavy (non-hydrogen) atoms. The first kappa shape index (κ1) is 20.4. The van der Waals surface area contributed by atoms with Crippen LogP contribution in [0.5, 0.6) is 0 Å². The van der Waals surface area contributed by atoms with Crippen LogP contribution in [0.15, 0.2) is 23.8 Å². The smallest absolute Gasteiger partial charge is 0.159 e. The molecule has 0 saturated heterocycles. The number of carbonyl (C=O) groups is 1. The van der Waals surface area contributed by atoms with Crippen molar-refractivity contribution in [1.29, 1.82) is 0 Å². The van der Waals surface area contributed by atoms with Gasteiger partial charge < -0.3 is 0 Å². The summed E-state index contributed by atoms with van der Waals surface area (Å²) in [6.07, 6.45) is 18.4. The molecule has 1 heteroatoms. The van der Waals surface area contributed by atoms with E-state index in [1.807, 2.05) is 0 Å². The molecule has 0 N–H and O–H groups in total. The zero-order valence-corrected chi connectivity index (χ0v) is 19.0. The molecule has 0 aromatic heterocycles. The molecule has 4 aliphatic rings. The van der Waals surface area contributed by atoms with Gasteiger partial charge in [-0.05, 0) is 90.6 Å². The molecule has 0 amide bonds. The molecule has 0 aliphatic heterocycles. The molecule has 156 valence electrons. The van der Waals surface area contributed by atoms with Crippen LogP contribution in [0.2, 0.25) is 0 Å². The highest BCUT2D eigenvalue weighted by Crippen LogP contribution is 2.66. The quantitative estimate of drug-likeness (QED) is 0.485. The second-order valence-corrected chi connectivity index (χ2v) is 11.6. The lowest BCUT2D eigenvalue weighted by atomic mass is 9.47. The number of allylic oxidation sites excluding steroid dienone is 4. The Balaban J connectivity index is 1.55. The van der Waals surface area contributed by atoms with Gasteiger partial charge in [-0.15, -0.1) is 0 Å². The first-order chi connectivity index (χ1) is 13.3. The summed E-state index contributed by atoms with van der Waals surface area (Å²) in [5, 5.41) is 0. The number of hydrogen-bond acceptors (Lipinski definition) is 1. The van der Waals surface area contributed by atoms with Crippen LogP contribution in [-0.4, -0.2) is 5.78 Å². The fourth-order valence-electron chi connectivity index (χ4n) is 8.07. The van der Waals surface area contributed by atoms with Gasteiger partial charge in [0.2, 0.25) is 0 Å². The van der Waals surface area contributed by atoms with Crippen molar-refractivity contribution in [3.05, 3.63) is 23.8 Å². The van der Waals surface area contributed by atoms with Crippen LogP contribution in [0.3, 0.4) is 0 Å². The van der Waals surface area contributed by atoms with Gasteiger partial charge in [0.25, 0.3) is 0 Å². The predicted octanol–water partition coefficient (Wildman–Crippen LogP) is 7.37. The summed E-state index contributed by atoms with van der Waals surface area (Å²) in [6.45, 7) is 12.2. The second-order valence-electron chi connectivity index (χ2n) is 11.6. The topological polar surface area (TPSA) is 17.1 Å². The lowest BCUT2D eigenvalue weighted by Gasteiger charge is -2.56. The van der Waals surface area contributed by atoms with Crippen molar-refractivity contribution in [3.63, 3.8) is 0 Å². The molecule has 0 unspecified atom stereocenters. The van der Waals surface area contributed by atoms with Crippen molar-refractivity contribution in [1.82, 2.24) is 0 Å². The third-order valence-corrected chi connectivity index (χ3v) is 9.70. The number of rotatable bonds is 5. The zero-order valence-electron chi connectivity index (χ0n) is 19.0. The first-order valence-electron chi connectivity index (χ1n) is 12.2. The maximum Gasteiger partial charge on any atom is 0.159 e. The molecular formula is C27H42O. The molecule has 2 saturated carbocycles. The number of fused-ring (bicyclic) bond motifs is 5. The van der Waals surface area contributed by atoms with E-state index in [1.165, 1.54) is 63.4 Å². The molecule has 0 aromatic rings. The highest BCUT2D eigenvalue weighted by Gasteiger charge is 2.60. The Hall–Kier alpha value is -0.850. The summed E-state index contributed by atoms with van der Waals surface area (Å²) in [7, 11) is 0. The van der Waals surface area contributed by atoms with Crippen LogP contribution < -0.4 is 0 Å². The van der Waals surface area contributed by atoms with Crippen molar-refractivity contribution >= 4 is 5.78 Å². The third kappa shape index (κ3) is 3.16. The summed E-state index contributed by atoms with van der Waals surface area (Å²) in [6, 6.07) is 0. The Labute approximate surface area is 173 Å². The maximum atomic E-state index is 13.3. The van der Waals surface area contributed by atoms with E-state index in [-0.39, 0.29) is 5.41 Å². The zero-order chi connectivity index (χ0) is 20.1. The van der Waals surface area contributed by atoms with Gasteiger partial charge in [0.05, 0.1) is 0 Å². The Morgan fingerprint density at radius 3 is 2.57 bits per heavy atom. The van der Waals surface area contributed by atoms with Gasteiger partial charge in [-0.25, -0.2) is 0 Å². The van der Waals surface area contributed by atoms with Crippen molar-refractivity contribution in [2.24, 2.45) is 46.3 Å². The summed E-state index contributed by atoms with van der Waals surface area (Å²) in [5.41, 5.74) is 1.97. The Morgan fingerprint density at radius 2 is 1.82 bits per heavy atom. The van der Waals surface area contributed by atoms with E-state index in [0.29, 0.717) is 29.0 Å². The monoisotopic (exact) mass is 382 g/mol.